The molecule has 0 aromatic heterocycles. The molecule has 0 saturated carbocycles. The van der Waals surface area contributed by atoms with Gasteiger partial charge in [0.15, 0.2) is 11.2 Å². The highest BCUT2D eigenvalue weighted by atomic mass is 16.5. The fraction of sp³-hybridized carbons (Fsp3) is 0.300. The molecule has 1 aromatic rings. The van der Waals surface area contributed by atoms with Gasteiger partial charge in [0.1, 0.15) is 6.04 Å². The number of fused-ring (bicyclic) bond motifs is 1. The van der Waals surface area contributed by atoms with Crippen molar-refractivity contribution in [1.29, 1.82) is 5.26 Å². The Labute approximate surface area is 156 Å². The lowest BCUT2D eigenvalue weighted by Gasteiger charge is -2.32. The SMILES string of the molecule is COC(=O)C1(C#N)C(c2ccccc2)C(C(N)=O)N2C=C(C(C)=O)C=CC21. The lowest BCUT2D eigenvalue weighted by Crippen LogP contribution is -2.45. The first-order valence-electron chi connectivity index (χ1n) is 8.40. The number of primary amides is 1. The minimum Gasteiger partial charge on any atom is -0.468 e. The quantitative estimate of drug-likeness (QED) is 0.798. The number of ether oxygens (including phenoxy) is 1. The number of rotatable bonds is 4. The molecule has 2 heterocycles. The minimum absolute atomic E-state index is 0.197. The summed E-state index contributed by atoms with van der Waals surface area (Å²) < 4.78 is 4.97. The van der Waals surface area contributed by atoms with E-state index in [1.165, 1.54) is 25.1 Å². The van der Waals surface area contributed by atoms with E-state index in [1.807, 2.05) is 0 Å². The van der Waals surface area contributed by atoms with E-state index in [0.29, 0.717) is 11.1 Å². The number of ketones is 1. The fourth-order valence-corrected chi connectivity index (χ4v) is 4.05. The standard InChI is InChI=1S/C20H19N3O4/c1-12(24)14-8-9-15-20(11-21,19(26)27-2)16(13-6-4-3-5-7-13)17(18(22)25)23(15)10-14/h3-10,15-17H,1-2H3,(H2,22,25). The molecule has 0 bridgehead atoms. The van der Waals surface area contributed by atoms with Crippen molar-refractivity contribution in [3.05, 3.63) is 59.8 Å². The Morgan fingerprint density at radius 1 is 1.26 bits per heavy atom. The van der Waals surface area contributed by atoms with Crippen molar-refractivity contribution in [2.45, 2.75) is 24.9 Å². The van der Waals surface area contributed by atoms with Gasteiger partial charge in [-0.05, 0) is 12.5 Å². The van der Waals surface area contributed by atoms with Gasteiger partial charge in [-0.2, -0.15) is 5.26 Å². The summed E-state index contributed by atoms with van der Waals surface area (Å²) in [5.74, 6) is -2.49. The summed E-state index contributed by atoms with van der Waals surface area (Å²) in [6.45, 7) is 1.40. The number of amides is 1. The van der Waals surface area contributed by atoms with E-state index in [1.54, 1.807) is 42.5 Å². The van der Waals surface area contributed by atoms with Gasteiger partial charge in [-0.15, -0.1) is 0 Å². The molecule has 1 fully saturated rings. The number of nitriles is 1. The van der Waals surface area contributed by atoms with Crippen LogP contribution < -0.4 is 5.73 Å². The number of nitrogens with zero attached hydrogens (tertiary/aromatic N) is 2. The Kier molecular flexibility index (Phi) is 4.58. The number of nitrogens with two attached hydrogens (primary N) is 1. The van der Waals surface area contributed by atoms with E-state index >= 15 is 0 Å². The first-order chi connectivity index (χ1) is 12.9. The van der Waals surface area contributed by atoms with Gasteiger partial charge >= 0.3 is 5.97 Å². The van der Waals surface area contributed by atoms with Gasteiger partial charge < -0.3 is 15.4 Å². The molecule has 1 amide bonds. The summed E-state index contributed by atoms with van der Waals surface area (Å²) in [4.78, 5) is 38.6. The first-order valence-corrected chi connectivity index (χ1v) is 8.40. The zero-order chi connectivity index (χ0) is 19.8. The molecule has 27 heavy (non-hydrogen) atoms. The molecule has 1 saturated heterocycles. The zero-order valence-electron chi connectivity index (χ0n) is 15.0. The van der Waals surface area contributed by atoms with Crippen molar-refractivity contribution in [2.75, 3.05) is 7.11 Å². The molecule has 7 heteroatoms. The molecule has 0 aliphatic carbocycles. The lowest BCUT2D eigenvalue weighted by molar-refractivity contribution is -0.150. The number of allylic oxidation sites excluding steroid dienone is 2. The second-order valence-corrected chi connectivity index (χ2v) is 6.60. The van der Waals surface area contributed by atoms with Gasteiger partial charge in [0.2, 0.25) is 5.91 Å². The van der Waals surface area contributed by atoms with E-state index in [4.69, 9.17) is 10.5 Å². The average molecular weight is 365 g/mol. The molecule has 1 aromatic carbocycles. The molecule has 0 spiro atoms. The van der Waals surface area contributed by atoms with Gasteiger partial charge in [0.25, 0.3) is 0 Å². The van der Waals surface area contributed by atoms with Crippen LogP contribution in [0.5, 0.6) is 0 Å². The van der Waals surface area contributed by atoms with Crippen LogP contribution in [0, 0.1) is 16.7 Å². The topological polar surface area (TPSA) is 113 Å². The molecule has 0 radical (unpaired) electrons. The highest BCUT2D eigenvalue weighted by molar-refractivity contribution is 5.97. The summed E-state index contributed by atoms with van der Waals surface area (Å²) >= 11 is 0. The zero-order valence-corrected chi connectivity index (χ0v) is 15.0. The molecular formula is C20H19N3O4. The van der Waals surface area contributed by atoms with Gasteiger partial charge in [-0.25, -0.2) is 0 Å². The van der Waals surface area contributed by atoms with E-state index in [2.05, 4.69) is 6.07 Å². The number of carbonyl (C=O) groups is 3. The molecule has 7 nitrogen and oxygen atoms in total. The number of hydrogen-bond donors (Lipinski definition) is 1. The third kappa shape index (κ3) is 2.61. The molecule has 2 aliphatic rings. The number of hydrogen-bond acceptors (Lipinski definition) is 6. The maximum Gasteiger partial charge on any atom is 0.329 e. The molecule has 4 atom stereocenters. The Balaban J connectivity index is 2.29. The van der Waals surface area contributed by atoms with Gasteiger partial charge in [0.05, 0.1) is 19.2 Å². The van der Waals surface area contributed by atoms with Crippen molar-refractivity contribution in [3.8, 4) is 6.07 Å². The van der Waals surface area contributed by atoms with Crippen LogP contribution in [0.3, 0.4) is 0 Å². The van der Waals surface area contributed by atoms with Crippen LogP contribution in [0.15, 0.2) is 54.3 Å². The number of esters is 1. The number of carbonyl (C=O) groups excluding carboxylic acids is 3. The van der Waals surface area contributed by atoms with Gasteiger partial charge in [0, 0.05) is 17.7 Å². The number of methoxy groups -OCH3 is 1. The van der Waals surface area contributed by atoms with Crippen molar-refractivity contribution in [2.24, 2.45) is 11.1 Å². The van der Waals surface area contributed by atoms with Crippen LogP contribution in [0.2, 0.25) is 0 Å². The van der Waals surface area contributed by atoms with Crippen LogP contribution in [0.1, 0.15) is 18.4 Å². The van der Waals surface area contributed by atoms with E-state index in [0.717, 1.165) is 0 Å². The molecule has 138 valence electrons. The fourth-order valence-electron chi connectivity index (χ4n) is 4.05. The van der Waals surface area contributed by atoms with E-state index < -0.39 is 35.3 Å². The van der Waals surface area contributed by atoms with Gasteiger partial charge in [-0.1, -0.05) is 42.5 Å². The van der Waals surface area contributed by atoms with Crippen molar-refractivity contribution in [1.82, 2.24) is 4.90 Å². The smallest absolute Gasteiger partial charge is 0.329 e. The highest BCUT2D eigenvalue weighted by Gasteiger charge is 2.66. The predicted molar refractivity (Wildman–Crippen MR) is 95.8 cm³/mol. The molecular weight excluding hydrogens is 346 g/mol. The minimum atomic E-state index is -1.69. The van der Waals surface area contributed by atoms with Crippen molar-refractivity contribution >= 4 is 17.7 Å². The first kappa shape index (κ1) is 18.4. The van der Waals surface area contributed by atoms with Crippen molar-refractivity contribution < 1.29 is 19.1 Å². The maximum absolute atomic E-state index is 12.8. The van der Waals surface area contributed by atoms with Crippen LogP contribution in [-0.4, -0.2) is 41.8 Å². The van der Waals surface area contributed by atoms with Gasteiger partial charge in [-0.3, -0.25) is 14.4 Å². The lowest BCUT2D eigenvalue weighted by atomic mass is 9.69. The van der Waals surface area contributed by atoms with Crippen LogP contribution in [0.25, 0.3) is 0 Å². The van der Waals surface area contributed by atoms with Crippen LogP contribution in [0.4, 0.5) is 0 Å². The number of benzene rings is 1. The third-order valence-corrected chi connectivity index (χ3v) is 5.23. The summed E-state index contributed by atoms with van der Waals surface area (Å²) in [7, 11) is 1.20. The van der Waals surface area contributed by atoms with Crippen molar-refractivity contribution in [3.63, 3.8) is 0 Å². The summed E-state index contributed by atoms with van der Waals surface area (Å²) in [5, 5.41) is 10.1. The highest BCUT2D eigenvalue weighted by Crippen LogP contribution is 2.53. The Morgan fingerprint density at radius 3 is 2.44 bits per heavy atom. The predicted octanol–water partition coefficient (Wildman–Crippen LogP) is 1.03. The summed E-state index contributed by atoms with van der Waals surface area (Å²) in [6.07, 6.45) is 4.65. The average Bonchev–Trinajstić information content (AvgIpc) is 2.98. The summed E-state index contributed by atoms with van der Waals surface area (Å²) in [5.41, 5.74) is 4.98. The van der Waals surface area contributed by atoms with E-state index in [-0.39, 0.29) is 5.78 Å². The van der Waals surface area contributed by atoms with Crippen LogP contribution in [-0.2, 0) is 19.1 Å². The molecule has 2 N–H and O–H groups in total. The monoisotopic (exact) mass is 365 g/mol. The Bertz CT molecular complexity index is 900. The van der Waals surface area contributed by atoms with E-state index in [9.17, 15) is 19.6 Å². The molecule has 3 rings (SSSR count). The summed E-state index contributed by atoms with van der Waals surface area (Å²) in [6, 6.07) is 9.14. The normalized spacial score (nSPS) is 28.7. The number of Topliss-reactive ketones (excluding diaryl/α,β-unsaturated/α-hetero) is 1. The largest absolute Gasteiger partial charge is 0.468 e. The second kappa shape index (κ2) is 6.72. The second-order valence-electron chi connectivity index (χ2n) is 6.60. The maximum atomic E-state index is 12.8. The van der Waals surface area contributed by atoms with Crippen LogP contribution >= 0.6 is 0 Å². The molecule has 4 unspecified atom stereocenters. The third-order valence-electron chi connectivity index (χ3n) is 5.23. The molecule has 2 aliphatic heterocycles. The Morgan fingerprint density at radius 2 is 1.93 bits per heavy atom. The Hall–Kier alpha value is -3.40.